The molecule has 0 saturated carbocycles. The van der Waals surface area contributed by atoms with Crippen LogP contribution in [0.15, 0.2) is 21.7 Å². The SMILES string of the molecule is CCNC(=NCc1nc(C(C)OCC)no1)N1CCC(N2CC=CC2)C1.I. The molecule has 2 atom stereocenters. The molecule has 1 fully saturated rings. The van der Waals surface area contributed by atoms with E-state index in [0.29, 0.717) is 30.9 Å². The number of ether oxygens (including phenoxy) is 1. The predicted octanol–water partition coefficient (Wildman–Crippen LogP) is 2.20. The van der Waals surface area contributed by atoms with Gasteiger partial charge in [0.1, 0.15) is 12.6 Å². The van der Waals surface area contributed by atoms with Gasteiger partial charge in [0.25, 0.3) is 0 Å². The minimum absolute atomic E-state index is 0. The van der Waals surface area contributed by atoms with E-state index < -0.39 is 0 Å². The van der Waals surface area contributed by atoms with E-state index >= 15 is 0 Å². The quantitative estimate of drug-likeness (QED) is 0.272. The van der Waals surface area contributed by atoms with Crippen molar-refractivity contribution in [2.75, 3.05) is 39.3 Å². The molecule has 0 aliphatic carbocycles. The molecular formula is C18H31IN6O2. The topological polar surface area (TPSA) is 79.0 Å². The Kier molecular flexibility index (Phi) is 8.97. The van der Waals surface area contributed by atoms with Gasteiger partial charge >= 0.3 is 0 Å². The number of nitrogens with one attached hydrogen (secondary N) is 1. The van der Waals surface area contributed by atoms with Crippen molar-refractivity contribution in [2.24, 2.45) is 4.99 Å². The molecule has 1 N–H and O–H groups in total. The molecule has 1 aromatic heterocycles. The van der Waals surface area contributed by atoms with Gasteiger partial charge in [-0.25, -0.2) is 4.99 Å². The molecule has 9 heteroatoms. The highest BCUT2D eigenvalue weighted by Crippen LogP contribution is 2.18. The second-order valence-electron chi connectivity index (χ2n) is 6.63. The van der Waals surface area contributed by atoms with Crippen LogP contribution in [0.2, 0.25) is 0 Å². The van der Waals surface area contributed by atoms with Gasteiger partial charge in [-0.05, 0) is 27.2 Å². The Morgan fingerprint density at radius 2 is 2.19 bits per heavy atom. The van der Waals surface area contributed by atoms with Crippen LogP contribution in [0, 0.1) is 0 Å². The normalized spacial score (nSPS) is 21.5. The van der Waals surface area contributed by atoms with Crippen LogP contribution in [0.4, 0.5) is 0 Å². The number of aromatic nitrogens is 2. The number of aliphatic imine (C=N–C) groups is 1. The number of hydrogen-bond donors (Lipinski definition) is 1. The number of halogens is 1. The maximum absolute atomic E-state index is 5.50. The lowest BCUT2D eigenvalue weighted by Crippen LogP contribution is -2.42. The summed E-state index contributed by atoms with van der Waals surface area (Å²) in [5.74, 6) is 2.01. The predicted molar refractivity (Wildman–Crippen MR) is 115 cm³/mol. The second-order valence-corrected chi connectivity index (χ2v) is 6.63. The Morgan fingerprint density at radius 3 is 2.89 bits per heavy atom. The van der Waals surface area contributed by atoms with Crippen LogP contribution in [0.25, 0.3) is 0 Å². The van der Waals surface area contributed by atoms with Crippen LogP contribution in [-0.2, 0) is 11.3 Å². The molecule has 152 valence electrons. The summed E-state index contributed by atoms with van der Waals surface area (Å²) in [6.07, 6.45) is 5.50. The van der Waals surface area contributed by atoms with Crippen molar-refractivity contribution in [3.05, 3.63) is 23.9 Å². The van der Waals surface area contributed by atoms with Gasteiger partial charge in [-0.15, -0.1) is 24.0 Å². The summed E-state index contributed by atoms with van der Waals surface area (Å²) in [5.41, 5.74) is 0. The molecule has 2 aliphatic heterocycles. The Morgan fingerprint density at radius 1 is 1.41 bits per heavy atom. The van der Waals surface area contributed by atoms with Gasteiger partial charge in [-0.3, -0.25) is 4.90 Å². The zero-order chi connectivity index (χ0) is 18.4. The molecule has 2 aliphatic rings. The molecular weight excluding hydrogens is 459 g/mol. The van der Waals surface area contributed by atoms with Crippen molar-refractivity contribution in [1.29, 1.82) is 0 Å². The van der Waals surface area contributed by atoms with Crippen LogP contribution in [0.1, 0.15) is 45.0 Å². The average molecular weight is 490 g/mol. The molecule has 3 rings (SSSR count). The van der Waals surface area contributed by atoms with E-state index in [1.165, 1.54) is 6.42 Å². The van der Waals surface area contributed by atoms with E-state index in [9.17, 15) is 0 Å². The zero-order valence-corrected chi connectivity index (χ0v) is 18.8. The highest BCUT2D eigenvalue weighted by Gasteiger charge is 2.29. The van der Waals surface area contributed by atoms with Gasteiger partial charge in [-0.1, -0.05) is 17.3 Å². The van der Waals surface area contributed by atoms with Gasteiger partial charge < -0.3 is 19.5 Å². The molecule has 27 heavy (non-hydrogen) atoms. The number of likely N-dealkylation sites (tertiary alicyclic amines) is 1. The molecule has 0 radical (unpaired) electrons. The Bertz CT molecular complexity index is 627. The minimum atomic E-state index is -0.164. The van der Waals surface area contributed by atoms with Gasteiger partial charge in [0.05, 0.1) is 0 Å². The van der Waals surface area contributed by atoms with Crippen LogP contribution < -0.4 is 5.32 Å². The third kappa shape index (κ3) is 5.89. The fourth-order valence-corrected chi connectivity index (χ4v) is 3.42. The number of nitrogens with zero attached hydrogens (tertiary/aromatic N) is 5. The Hall–Kier alpha value is -1.20. The Labute approximate surface area is 178 Å². The van der Waals surface area contributed by atoms with Gasteiger partial charge in [0.15, 0.2) is 11.8 Å². The van der Waals surface area contributed by atoms with E-state index in [4.69, 9.17) is 14.3 Å². The minimum Gasteiger partial charge on any atom is -0.371 e. The van der Waals surface area contributed by atoms with E-state index in [0.717, 1.165) is 38.7 Å². The summed E-state index contributed by atoms with van der Waals surface area (Å²) < 4.78 is 10.8. The van der Waals surface area contributed by atoms with Crippen molar-refractivity contribution in [3.8, 4) is 0 Å². The van der Waals surface area contributed by atoms with Crippen molar-refractivity contribution in [2.45, 2.75) is 45.9 Å². The van der Waals surface area contributed by atoms with E-state index in [2.05, 4.69) is 44.3 Å². The third-order valence-corrected chi connectivity index (χ3v) is 4.79. The molecule has 0 spiro atoms. The first kappa shape index (κ1) is 22.1. The number of guanidine groups is 1. The van der Waals surface area contributed by atoms with Gasteiger partial charge in [0.2, 0.25) is 5.89 Å². The van der Waals surface area contributed by atoms with E-state index in [1.54, 1.807) is 0 Å². The summed E-state index contributed by atoms with van der Waals surface area (Å²) >= 11 is 0. The lowest BCUT2D eigenvalue weighted by atomic mass is 10.2. The first-order valence-corrected chi connectivity index (χ1v) is 9.57. The maximum atomic E-state index is 5.50. The lowest BCUT2D eigenvalue weighted by Gasteiger charge is -2.25. The molecule has 0 bridgehead atoms. The van der Waals surface area contributed by atoms with Gasteiger partial charge in [0, 0.05) is 45.4 Å². The van der Waals surface area contributed by atoms with E-state index in [1.807, 2.05) is 13.8 Å². The first-order valence-electron chi connectivity index (χ1n) is 9.57. The third-order valence-electron chi connectivity index (χ3n) is 4.79. The second kappa shape index (κ2) is 11.0. The fraction of sp³-hybridized carbons (Fsp3) is 0.722. The molecule has 1 saturated heterocycles. The molecule has 2 unspecified atom stereocenters. The van der Waals surface area contributed by atoms with Crippen LogP contribution in [0.3, 0.4) is 0 Å². The molecule has 8 nitrogen and oxygen atoms in total. The van der Waals surface area contributed by atoms with Crippen LogP contribution in [0.5, 0.6) is 0 Å². The fourth-order valence-electron chi connectivity index (χ4n) is 3.42. The monoisotopic (exact) mass is 490 g/mol. The summed E-state index contributed by atoms with van der Waals surface area (Å²) in [4.78, 5) is 13.9. The molecule has 1 aromatic rings. The van der Waals surface area contributed by atoms with Crippen molar-refractivity contribution >= 4 is 29.9 Å². The standard InChI is InChI=1S/C18H30N6O2.HI/c1-4-19-18(24-11-8-15(13-24)23-9-6-7-10-23)20-12-16-21-17(22-26-16)14(3)25-5-2;/h6-7,14-15H,4-5,8-13H2,1-3H3,(H,19,20);1H. The average Bonchev–Trinajstić information content (AvgIpc) is 3.40. The lowest BCUT2D eigenvalue weighted by molar-refractivity contribution is 0.0683. The zero-order valence-electron chi connectivity index (χ0n) is 16.4. The van der Waals surface area contributed by atoms with Gasteiger partial charge in [-0.2, -0.15) is 4.98 Å². The van der Waals surface area contributed by atoms with Crippen LogP contribution >= 0.6 is 24.0 Å². The summed E-state index contributed by atoms with van der Waals surface area (Å²) in [7, 11) is 0. The summed E-state index contributed by atoms with van der Waals surface area (Å²) in [6, 6.07) is 0.593. The summed E-state index contributed by atoms with van der Waals surface area (Å²) in [6.45, 7) is 11.9. The smallest absolute Gasteiger partial charge is 0.248 e. The highest BCUT2D eigenvalue weighted by atomic mass is 127. The highest BCUT2D eigenvalue weighted by molar-refractivity contribution is 14.0. The molecule has 0 amide bonds. The maximum Gasteiger partial charge on any atom is 0.248 e. The van der Waals surface area contributed by atoms with Crippen LogP contribution in [-0.4, -0.2) is 71.3 Å². The van der Waals surface area contributed by atoms with Crippen molar-refractivity contribution in [3.63, 3.8) is 0 Å². The molecule has 0 aromatic carbocycles. The number of hydrogen-bond acceptors (Lipinski definition) is 6. The number of rotatable bonds is 7. The Balaban J connectivity index is 0.00000261. The van der Waals surface area contributed by atoms with Crippen molar-refractivity contribution in [1.82, 2.24) is 25.3 Å². The summed E-state index contributed by atoms with van der Waals surface area (Å²) in [5, 5.41) is 7.38. The van der Waals surface area contributed by atoms with E-state index in [-0.39, 0.29) is 30.1 Å². The molecule has 3 heterocycles. The first-order chi connectivity index (χ1) is 12.7. The van der Waals surface area contributed by atoms with Crippen molar-refractivity contribution < 1.29 is 9.26 Å². The largest absolute Gasteiger partial charge is 0.371 e.